The third-order valence-corrected chi connectivity index (χ3v) is 10.3. The van der Waals surface area contributed by atoms with Gasteiger partial charge in [0.15, 0.2) is 0 Å². The molecule has 0 fully saturated rings. The van der Waals surface area contributed by atoms with E-state index in [4.69, 9.17) is 14.4 Å². The molecule has 0 radical (unpaired) electrons. The molecule has 3 heteroatoms. The lowest BCUT2D eigenvalue weighted by atomic mass is 9.81. The Kier molecular flexibility index (Phi) is 5.63. The van der Waals surface area contributed by atoms with Gasteiger partial charge in [0.25, 0.3) is 0 Å². The summed E-state index contributed by atoms with van der Waals surface area (Å²) in [4.78, 5) is 9.99. The van der Waals surface area contributed by atoms with Gasteiger partial charge < -0.3 is 4.42 Å². The van der Waals surface area contributed by atoms with Gasteiger partial charge in [-0.1, -0.05) is 123 Å². The third-order valence-electron chi connectivity index (χ3n) is 10.3. The van der Waals surface area contributed by atoms with Crippen molar-refractivity contribution in [1.29, 1.82) is 0 Å². The summed E-state index contributed by atoms with van der Waals surface area (Å²) in [5.41, 5.74) is 16.4. The van der Waals surface area contributed by atoms with Crippen LogP contribution in [0.4, 0.5) is 0 Å². The Morgan fingerprint density at radius 1 is 0.479 bits per heavy atom. The number of hydrogen-bond acceptors (Lipinski definition) is 3. The van der Waals surface area contributed by atoms with Gasteiger partial charge in [0.05, 0.1) is 16.4 Å². The molecule has 0 N–H and O–H groups in total. The van der Waals surface area contributed by atoms with Gasteiger partial charge in [-0.15, -0.1) is 0 Å². The molecule has 1 aliphatic rings. The first-order valence-corrected chi connectivity index (χ1v) is 16.5. The quantitative estimate of drug-likeness (QED) is 0.199. The van der Waals surface area contributed by atoms with Crippen LogP contribution in [0.1, 0.15) is 25.0 Å². The van der Waals surface area contributed by atoms with Crippen molar-refractivity contribution in [3.8, 4) is 44.5 Å². The van der Waals surface area contributed by atoms with E-state index >= 15 is 0 Å². The summed E-state index contributed by atoms with van der Waals surface area (Å²) in [5.74, 6) is 0. The van der Waals surface area contributed by atoms with E-state index in [9.17, 15) is 0 Å². The maximum atomic E-state index is 6.22. The molecule has 7 aromatic carbocycles. The molecule has 0 spiro atoms. The second-order valence-electron chi connectivity index (χ2n) is 13.4. The molecule has 226 valence electrons. The van der Waals surface area contributed by atoms with Crippen LogP contribution in [-0.4, -0.2) is 9.97 Å². The van der Waals surface area contributed by atoms with Crippen LogP contribution in [0.5, 0.6) is 0 Å². The van der Waals surface area contributed by atoms with Gasteiger partial charge in [-0.05, 0) is 103 Å². The molecule has 0 amide bonds. The first-order chi connectivity index (χ1) is 23.5. The topological polar surface area (TPSA) is 38.9 Å². The molecule has 48 heavy (non-hydrogen) atoms. The van der Waals surface area contributed by atoms with Crippen molar-refractivity contribution in [1.82, 2.24) is 9.97 Å². The summed E-state index contributed by atoms with van der Waals surface area (Å²) in [7, 11) is 0. The number of fused-ring (bicyclic) bond motifs is 9. The molecule has 0 saturated carbocycles. The molecule has 10 rings (SSSR count). The van der Waals surface area contributed by atoms with E-state index in [2.05, 4.69) is 153 Å². The van der Waals surface area contributed by atoms with E-state index in [1.54, 1.807) is 0 Å². The third kappa shape index (κ3) is 4.01. The Balaban J connectivity index is 1.02. The van der Waals surface area contributed by atoms with Crippen molar-refractivity contribution in [3.63, 3.8) is 0 Å². The van der Waals surface area contributed by atoms with E-state index in [-0.39, 0.29) is 5.41 Å². The average molecular weight is 615 g/mol. The molecule has 0 saturated heterocycles. The first kappa shape index (κ1) is 27.1. The second-order valence-corrected chi connectivity index (χ2v) is 13.4. The largest absolute Gasteiger partial charge is 0.436 e. The van der Waals surface area contributed by atoms with E-state index in [1.165, 1.54) is 44.5 Å². The number of rotatable bonds is 3. The maximum absolute atomic E-state index is 6.22. The minimum Gasteiger partial charge on any atom is -0.436 e. The Morgan fingerprint density at radius 2 is 1.12 bits per heavy atom. The van der Waals surface area contributed by atoms with Crippen LogP contribution in [0.2, 0.25) is 0 Å². The van der Waals surface area contributed by atoms with Crippen molar-refractivity contribution in [2.45, 2.75) is 19.3 Å². The first-order valence-electron chi connectivity index (χ1n) is 16.5. The number of furan rings is 1. The molecule has 3 nitrogen and oxygen atoms in total. The number of benzene rings is 7. The smallest absolute Gasteiger partial charge is 0.246 e. The van der Waals surface area contributed by atoms with Gasteiger partial charge in [0.2, 0.25) is 5.71 Å². The zero-order chi connectivity index (χ0) is 32.0. The number of hydrogen-bond donors (Lipinski definition) is 0. The van der Waals surface area contributed by atoms with Gasteiger partial charge in [-0.3, -0.25) is 0 Å². The molecular formula is C45H30N2O. The van der Waals surface area contributed by atoms with E-state index in [0.29, 0.717) is 5.71 Å². The summed E-state index contributed by atoms with van der Waals surface area (Å²) in [6, 6.07) is 52.2. The Labute approximate surface area is 278 Å². The monoisotopic (exact) mass is 614 g/mol. The van der Waals surface area contributed by atoms with Crippen molar-refractivity contribution >= 4 is 44.0 Å². The standard InChI is InChI=1S/C45H30N2O/c1-45(2)37-16-6-5-15-35(37)36-20-17-32(25-38(36)45)30-12-7-10-28(23-30)29-11-8-13-31(24-29)33-18-21-39-40(26-33)47-44-43(46-39)42-34-14-4-3-9-27(34)19-22-41(42)48-44/h3-26H,1-2H3. The van der Waals surface area contributed by atoms with Crippen LogP contribution in [-0.2, 0) is 5.41 Å². The van der Waals surface area contributed by atoms with Crippen molar-refractivity contribution in [2.75, 3.05) is 0 Å². The fourth-order valence-corrected chi connectivity index (χ4v) is 7.78. The highest BCUT2D eigenvalue weighted by molar-refractivity contribution is 6.17. The summed E-state index contributed by atoms with van der Waals surface area (Å²) < 4.78 is 6.22. The van der Waals surface area contributed by atoms with Crippen LogP contribution < -0.4 is 0 Å². The highest BCUT2D eigenvalue weighted by atomic mass is 16.3. The Morgan fingerprint density at radius 3 is 1.92 bits per heavy atom. The predicted octanol–water partition coefficient (Wildman–Crippen LogP) is 12.0. The Hall–Kier alpha value is -6.06. The molecule has 0 unspecified atom stereocenters. The molecular weight excluding hydrogens is 585 g/mol. The summed E-state index contributed by atoms with van der Waals surface area (Å²) in [5, 5.41) is 3.31. The minimum atomic E-state index is -0.0251. The molecule has 2 aromatic heterocycles. The van der Waals surface area contributed by atoms with E-state index in [1.807, 2.05) is 6.07 Å². The molecule has 0 atom stereocenters. The van der Waals surface area contributed by atoms with Crippen LogP contribution in [0.25, 0.3) is 88.5 Å². The van der Waals surface area contributed by atoms with Gasteiger partial charge in [-0.25, -0.2) is 9.97 Å². The lowest BCUT2D eigenvalue weighted by Gasteiger charge is -2.22. The zero-order valence-corrected chi connectivity index (χ0v) is 26.7. The van der Waals surface area contributed by atoms with Crippen LogP contribution in [0.15, 0.2) is 150 Å². The predicted molar refractivity (Wildman–Crippen MR) is 198 cm³/mol. The summed E-state index contributed by atoms with van der Waals surface area (Å²) in [6.45, 7) is 4.67. The Bertz CT molecular complexity index is 2770. The van der Waals surface area contributed by atoms with Crippen molar-refractivity contribution in [2.24, 2.45) is 0 Å². The number of nitrogens with zero attached hydrogens (tertiary/aromatic N) is 2. The molecule has 0 aliphatic heterocycles. The highest BCUT2D eigenvalue weighted by Crippen LogP contribution is 2.49. The lowest BCUT2D eigenvalue weighted by molar-refractivity contribution is 0.655. The second kappa shape index (κ2) is 9.97. The lowest BCUT2D eigenvalue weighted by Crippen LogP contribution is -2.14. The fourth-order valence-electron chi connectivity index (χ4n) is 7.78. The maximum Gasteiger partial charge on any atom is 0.246 e. The summed E-state index contributed by atoms with van der Waals surface area (Å²) in [6.07, 6.45) is 0. The molecule has 9 aromatic rings. The molecule has 1 aliphatic carbocycles. The highest BCUT2D eigenvalue weighted by Gasteiger charge is 2.35. The van der Waals surface area contributed by atoms with Gasteiger partial charge >= 0.3 is 0 Å². The fraction of sp³-hybridized carbons (Fsp3) is 0.0667. The average Bonchev–Trinajstić information content (AvgIpc) is 3.61. The minimum absolute atomic E-state index is 0.0251. The SMILES string of the molecule is CC1(C)c2ccccc2-c2ccc(-c3cccc(-c4cccc(-c5ccc6nc7c(nc6c5)oc5ccc6ccccc6c57)c4)c3)cc21. The van der Waals surface area contributed by atoms with Crippen molar-refractivity contribution < 1.29 is 4.42 Å². The van der Waals surface area contributed by atoms with Gasteiger partial charge in [0.1, 0.15) is 11.1 Å². The van der Waals surface area contributed by atoms with Gasteiger partial charge in [0, 0.05) is 5.41 Å². The summed E-state index contributed by atoms with van der Waals surface area (Å²) >= 11 is 0. The van der Waals surface area contributed by atoms with Crippen LogP contribution in [0.3, 0.4) is 0 Å². The number of aromatic nitrogens is 2. The van der Waals surface area contributed by atoms with Crippen LogP contribution in [0, 0.1) is 0 Å². The van der Waals surface area contributed by atoms with Crippen molar-refractivity contribution in [3.05, 3.63) is 157 Å². The molecule has 0 bridgehead atoms. The normalized spacial score (nSPS) is 13.4. The van der Waals surface area contributed by atoms with Gasteiger partial charge in [-0.2, -0.15) is 0 Å². The van der Waals surface area contributed by atoms with Crippen LogP contribution >= 0.6 is 0 Å². The molecule has 2 heterocycles. The van der Waals surface area contributed by atoms with E-state index < -0.39 is 0 Å². The zero-order valence-electron chi connectivity index (χ0n) is 26.7. The van der Waals surface area contributed by atoms with E-state index in [0.717, 1.165) is 49.4 Å².